The Morgan fingerprint density at radius 1 is 0.921 bits per heavy atom. The molecule has 1 unspecified atom stereocenters. The molecular formula is C29H24N6O2S. The first-order valence-corrected chi connectivity index (χ1v) is 13.3. The van der Waals surface area contributed by atoms with E-state index in [1.165, 1.54) is 5.56 Å². The molecular weight excluding hydrogens is 496 g/mol. The number of rotatable bonds is 5. The van der Waals surface area contributed by atoms with Crippen molar-refractivity contribution in [3.63, 3.8) is 0 Å². The molecule has 5 aromatic rings. The molecule has 0 saturated carbocycles. The Kier molecular flexibility index (Phi) is 5.44. The van der Waals surface area contributed by atoms with E-state index in [0.717, 1.165) is 56.2 Å². The molecule has 8 nitrogen and oxygen atoms in total. The average Bonchev–Trinajstić information content (AvgIpc) is 3.75. The molecule has 0 spiro atoms. The topological polar surface area (TPSA) is 77.7 Å². The van der Waals surface area contributed by atoms with Gasteiger partial charge in [-0.3, -0.25) is 0 Å². The van der Waals surface area contributed by atoms with Crippen molar-refractivity contribution in [1.82, 2.24) is 20.0 Å². The van der Waals surface area contributed by atoms with E-state index in [4.69, 9.17) is 19.6 Å². The molecule has 3 aromatic carbocycles. The summed E-state index contributed by atoms with van der Waals surface area (Å²) in [6.07, 6.45) is 0.660. The highest BCUT2D eigenvalue weighted by atomic mass is 32.1. The average molecular weight is 521 g/mol. The number of anilines is 1. The maximum absolute atomic E-state index is 5.68. The Labute approximate surface area is 223 Å². The van der Waals surface area contributed by atoms with Gasteiger partial charge in [-0.25, -0.2) is 14.7 Å². The van der Waals surface area contributed by atoms with Gasteiger partial charge in [0.25, 0.3) is 0 Å². The zero-order valence-corrected chi connectivity index (χ0v) is 21.7. The molecule has 7 rings (SSSR count). The fourth-order valence-electron chi connectivity index (χ4n) is 4.85. The molecule has 4 heterocycles. The first-order chi connectivity index (χ1) is 18.6. The minimum absolute atomic E-state index is 0.0711. The number of hydrazone groups is 1. The van der Waals surface area contributed by atoms with Crippen LogP contribution in [0.4, 0.5) is 5.13 Å². The van der Waals surface area contributed by atoms with Gasteiger partial charge in [-0.05, 0) is 43.7 Å². The molecule has 0 bridgehead atoms. The highest BCUT2D eigenvalue weighted by molar-refractivity contribution is 7.14. The number of thiazole rings is 1. The lowest BCUT2D eigenvalue weighted by molar-refractivity contribution is 0.174. The molecule has 2 aliphatic rings. The summed E-state index contributed by atoms with van der Waals surface area (Å²) < 4.78 is 13.1. The summed E-state index contributed by atoms with van der Waals surface area (Å²) >= 11 is 1.58. The summed E-state index contributed by atoms with van der Waals surface area (Å²) in [4.78, 5) is 4.96. The normalized spacial score (nSPS) is 16.2. The van der Waals surface area contributed by atoms with Gasteiger partial charge in [-0.2, -0.15) is 5.10 Å². The van der Waals surface area contributed by atoms with Crippen LogP contribution < -0.4 is 14.5 Å². The Morgan fingerprint density at radius 3 is 2.58 bits per heavy atom. The molecule has 0 saturated heterocycles. The number of hydrogen-bond donors (Lipinski definition) is 0. The third kappa shape index (κ3) is 3.92. The third-order valence-corrected chi connectivity index (χ3v) is 7.73. The van der Waals surface area contributed by atoms with Crippen molar-refractivity contribution in [2.45, 2.75) is 26.3 Å². The smallest absolute Gasteiger partial charge is 0.231 e. The van der Waals surface area contributed by atoms with E-state index >= 15 is 0 Å². The van der Waals surface area contributed by atoms with Gasteiger partial charge in [0.2, 0.25) is 11.9 Å². The van der Waals surface area contributed by atoms with E-state index in [1.54, 1.807) is 11.3 Å². The number of fused-ring (bicyclic) bond motifs is 1. The lowest BCUT2D eigenvalue weighted by Gasteiger charge is -2.21. The lowest BCUT2D eigenvalue weighted by Crippen LogP contribution is -2.18. The van der Waals surface area contributed by atoms with Crippen molar-refractivity contribution in [2.75, 3.05) is 11.8 Å². The second-order valence-electron chi connectivity index (χ2n) is 9.38. The fourth-order valence-corrected chi connectivity index (χ4v) is 5.68. The maximum atomic E-state index is 5.68. The summed E-state index contributed by atoms with van der Waals surface area (Å²) in [5.74, 6) is 1.51. The second-order valence-corrected chi connectivity index (χ2v) is 10.2. The zero-order valence-electron chi connectivity index (χ0n) is 20.9. The molecule has 0 fully saturated rings. The predicted molar refractivity (Wildman–Crippen MR) is 147 cm³/mol. The van der Waals surface area contributed by atoms with Crippen molar-refractivity contribution in [1.29, 1.82) is 0 Å². The highest BCUT2D eigenvalue weighted by Crippen LogP contribution is 2.42. The Balaban J connectivity index is 1.28. The fraction of sp³-hybridized carbons (Fsp3) is 0.172. The van der Waals surface area contributed by atoms with Gasteiger partial charge in [-0.1, -0.05) is 59.3 Å². The van der Waals surface area contributed by atoms with Crippen LogP contribution in [-0.4, -0.2) is 32.5 Å². The molecule has 0 amide bonds. The van der Waals surface area contributed by atoms with E-state index < -0.39 is 0 Å². The van der Waals surface area contributed by atoms with E-state index in [-0.39, 0.29) is 12.8 Å². The number of aryl methyl sites for hydroxylation is 1. The van der Waals surface area contributed by atoms with Gasteiger partial charge < -0.3 is 9.47 Å². The van der Waals surface area contributed by atoms with E-state index in [0.29, 0.717) is 6.42 Å². The molecule has 2 aliphatic heterocycles. The summed E-state index contributed by atoms with van der Waals surface area (Å²) in [6.45, 7) is 4.35. The summed E-state index contributed by atoms with van der Waals surface area (Å²) in [5.41, 5.74) is 7.87. The van der Waals surface area contributed by atoms with Crippen molar-refractivity contribution in [3.8, 4) is 28.4 Å². The first kappa shape index (κ1) is 22.7. The maximum Gasteiger partial charge on any atom is 0.231 e. The highest BCUT2D eigenvalue weighted by Gasteiger charge is 2.35. The number of aromatic nitrogens is 4. The minimum Gasteiger partial charge on any atom is -0.454 e. The van der Waals surface area contributed by atoms with Crippen LogP contribution >= 0.6 is 11.3 Å². The molecule has 9 heteroatoms. The van der Waals surface area contributed by atoms with Crippen molar-refractivity contribution in [3.05, 3.63) is 101 Å². The second kappa shape index (κ2) is 9.11. The molecule has 188 valence electrons. The molecule has 0 radical (unpaired) electrons. The van der Waals surface area contributed by atoms with E-state index in [1.807, 2.05) is 46.9 Å². The van der Waals surface area contributed by atoms with Crippen molar-refractivity contribution in [2.24, 2.45) is 5.10 Å². The molecule has 38 heavy (non-hydrogen) atoms. The van der Waals surface area contributed by atoms with Crippen molar-refractivity contribution < 1.29 is 9.47 Å². The van der Waals surface area contributed by atoms with Gasteiger partial charge in [0, 0.05) is 17.4 Å². The predicted octanol–water partition coefficient (Wildman–Crippen LogP) is 6.09. The monoisotopic (exact) mass is 520 g/mol. The summed E-state index contributed by atoms with van der Waals surface area (Å²) in [5, 5.41) is 19.0. The number of hydrogen-bond acceptors (Lipinski definition) is 8. The van der Waals surface area contributed by atoms with Crippen LogP contribution in [0.1, 0.15) is 35.0 Å². The minimum atomic E-state index is -0.0711. The number of nitrogens with zero attached hydrogens (tertiary/aromatic N) is 6. The lowest BCUT2D eigenvalue weighted by atomic mass is 10.00. The molecule has 0 N–H and O–H groups in total. The Bertz CT molecular complexity index is 1660. The molecule has 2 aromatic heterocycles. The van der Waals surface area contributed by atoms with Gasteiger partial charge >= 0.3 is 0 Å². The number of ether oxygens (including phenoxy) is 2. The standard InChI is InChI=1S/C29H24N6O2S/c1-18-8-11-22(12-9-18)34-19(2)28(31-33-34)23-15-25(21-10-13-26-27(14-21)37-17-36-26)35(32-23)29-30-24(16-38-29)20-6-4-3-5-7-20/h3-14,16,25H,15,17H2,1-2H3. The largest absolute Gasteiger partial charge is 0.454 e. The van der Waals surface area contributed by atoms with Crippen LogP contribution in [0.5, 0.6) is 11.5 Å². The Morgan fingerprint density at radius 2 is 1.74 bits per heavy atom. The number of benzene rings is 3. The van der Waals surface area contributed by atoms with Gasteiger partial charge in [0.15, 0.2) is 11.5 Å². The van der Waals surface area contributed by atoms with Gasteiger partial charge in [-0.15, -0.1) is 16.4 Å². The van der Waals surface area contributed by atoms with Crippen LogP contribution in [-0.2, 0) is 0 Å². The summed E-state index contributed by atoms with van der Waals surface area (Å²) in [7, 11) is 0. The Hall–Kier alpha value is -4.50. The van der Waals surface area contributed by atoms with Crippen molar-refractivity contribution >= 4 is 22.2 Å². The molecule has 1 atom stereocenters. The van der Waals surface area contributed by atoms with Crippen LogP contribution in [0.15, 0.2) is 83.3 Å². The van der Waals surface area contributed by atoms with E-state index in [9.17, 15) is 0 Å². The van der Waals surface area contributed by atoms with Crippen LogP contribution in [0.3, 0.4) is 0 Å². The van der Waals surface area contributed by atoms with E-state index in [2.05, 4.69) is 65.1 Å². The third-order valence-electron chi connectivity index (χ3n) is 6.90. The van der Waals surface area contributed by atoms with Gasteiger partial charge in [0.05, 0.1) is 28.8 Å². The SMILES string of the molecule is Cc1ccc(-n2nnc(C3=NN(c4nc(-c5ccccc5)cs4)C(c4ccc5c(c4)OCO5)C3)c2C)cc1. The van der Waals surface area contributed by atoms with Crippen LogP contribution in [0, 0.1) is 13.8 Å². The van der Waals surface area contributed by atoms with Crippen LogP contribution in [0.25, 0.3) is 16.9 Å². The summed E-state index contributed by atoms with van der Waals surface area (Å²) in [6, 6.07) is 24.5. The van der Waals surface area contributed by atoms with Crippen LogP contribution in [0.2, 0.25) is 0 Å². The zero-order chi connectivity index (χ0) is 25.6. The molecule has 0 aliphatic carbocycles. The van der Waals surface area contributed by atoms with Gasteiger partial charge in [0.1, 0.15) is 5.69 Å². The first-order valence-electron chi connectivity index (χ1n) is 12.4. The quantitative estimate of drug-likeness (QED) is 0.279.